The molecule has 0 fully saturated rings. The fraction of sp³-hybridized carbons (Fsp3) is 0.818. The molecule has 5 heteroatoms. The Morgan fingerprint density at radius 3 is 2.50 bits per heavy atom. The SMILES string of the molecule is CCCNC(=O)C(C)NCCC(=O)OCC. The molecule has 2 N–H and O–H groups in total. The van der Waals surface area contributed by atoms with Crippen LogP contribution in [0.5, 0.6) is 0 Å². The van der Waals surface area contributed by atoms with E-state index < -0.39 is 0 Å². The predicted molar refractivity (Wildman–Crippen MR) is 62.0 cm³/mol. The highest BCUT2D eigenvalue weighted by Crippen LogP contribution is 1.87. The number of hydrogen-bond donors (Lipinski definition) is 2. The largest absolute Gasteiger partial charge is 0.466 e. The first-order valence-corrected chi connectivity index (χ1v) is 5.78. The maximum Gasteiger partial charge on any atom is 0.307 e. The van der Waals surface area contributed by atoms with Crippen LogP contribution in [0.25, 0.3) is 0 Å². The van der Waals surface area contributed by atoms with E-state index in [9.17, 15) is 9.59 Å². The van der Waals surface area contributed by atoms with Crippen molar-refractivity contribution in [1.29, 1.82) is 0 Å². The molecule has 0 aromatic rings. The monoisotopic (exact) mass is 230 g/mol. The number of rotatable bonds is 8. The van der Waals surface area contributed by atoms with E-state index in [0.717, 1.165) is 6.42 Å². The molecule has 0 aromatic carbocycles. The van der Waals surface area contributed by atoms with Crippen molar-refractivity contribution < 1.29 is 14.3 Å². The second-order valence-electron chi connectivity index (χ2n) is 3.52. The van der Waals surface area contributed by atoms with Crippen molar-refractivity contribution in [2.75, 3.05) is 19.7 Å². The van der Waals surface area contributed by atoms with Gasteiger partial charge in [-0.1, -0.05) is 6.92 Å². The van der Waals surface area contributed by atoms with Crippen molar-refractivity contribution >= 4 is 11.9 Å². The second kappa shape index (κ2) is 9.15. The molecule has 0 aliphatic rings. The molecule has 0 spiro atoms. The zero-order valence-electron chi connectivity index (χ0n) is 10.3. The summed E-state index contributed by atoms with van der Waals surface area (Å²) in [4.78, 5) is 22.4. The van der Waals surface area contributed by atoms with Gasteiger partial charge < -0.3 is 15.4 Å². The normalized spacial score (nSPS) is 11.9. The van der Waals surface area contributed by atoms with Gasteiger partial charge in [0.15, 0.2) is 0 Å². The minimum Gasteiger partial charge on any atom is -0.466 e. The first kappa shape index (κ1) is 14.9. The molecule has 0 rings (SSSR count). The predicted octanol–water partition coefficient (Wildman–Crippen LogP) is 0.444. The second-order valence-corrected chi connectivity index (χ2v) is 3.52. The van der Waals surface area contributed by atoms with E-state index >= 15 is 0 Å². The number of nitrogens with one attached hydrogen (secondary N) is 2. The van der Waals surface area contributed by atoms with Crippen molar-refractivity contribution in [1.82, 2.24) is 10.6 Å². The summed E-state index contributed by atoms with van der Waals surface area (Å²) in [6.07, 6.45) is 1.21. The van der Waals surface area contributed by atoms with E-state index in [2.05, 4.69) is 10.6 Å². The smallest absolute Gasteiger partial charge is 0.307 e. The summed E-state index contributed by atoms with van der Waals surface area (Å²) < 4.78 is 4.77. The van der Waals surface area contributed by atoms with E-state index in [1.807, 2.05) is 6.92 Å². The van der Waals surface area contributed by atoms with Gasteiger partial charge >= 0.3 is 5.97 Å². The third kappa shape index (κ3) is 7.23. The highest BCUT2D eigenvalue weighted by atomic mass is 16.5. The third-order valence-corrected chi connectivity index (χ3v) is 2.03. The van der Waals surface area contributed by atoms with Crippen LogP contribution in [0.3, 0.4) is 0 Å². The lowest BCUT2D eigenvalue weighted by atomic mass is 10.3. The molecule has 0 saturated carbocycles. The molecular weight excluding hydrogens is 208 g/mol. The van der Waals surface area contributed by atoms with Crippen molar-refractivity contribution in [2.45, 2.75) is 39.7 Å². The van der Waals surface area contributed by atoms with Gasteiger partial charge in [0.1, 0.15) is 0 Å². The molecule has 5 nitrogen and oxygen atoms in total. The van der Waals surface area contributed by atoms with Gasteiger partial charge in [0, 0.05) is 13.1 Å². The Bertz CT molecular complexity index is 219. The highest BCUT2D eigenvalue weighted by molar-refractivity contribution is 5.81. The topological polar surface area (TPSA) is 67.4 Å². The zero-order valence-corrected chi connectivity index (χ0v) is 10.3. The van der Waals surface area contributed by atoms with Crippen LogP contribution in [0.4, 0.5) is 0 Å². The van der Waals surface area contributed by atoms with E-state index in [-0.39, 0.29) is 17.9 Å². The molecule has 16 heavy (non-hydrogen) atoms. The molecule has 94 valence electrons. The third-order valence-electron chi connectivity index (χ3n) is 2.03. The van der Waals surface area contributed by atoms with Gasteiger partial charge in [0.25, 0.3) is 0 Å². The van der Waals surface area contributed by atoms with Gasteiger partial charge in [-0.2, -0.15) is 0 Å². The fourth-order valence-electron chi connectivity index (χ4n) is 1.12. The summed E-state index contributed by atoms with van der Waals surface area (Å²) in [6.45, 7) is 7.08. The van der Waals surface area contributed by atoms with E-state index in [0.29, 0.717) is 26.1 Å². The molecular formula is C11H22N2O3. The van der Waals surface area contributed by atoms with Crippen molar-refractivity contribution in [2.24, 2.45) is 0 Å². The van der Waals surface area contributed by atoms with Gasteiger partial charge in [-0.15, -0.1) is 0 Å². The summed E-state index contributed by atoms with van der Waals surface area (Å²) in [7, 11) is 0. The first-order valence-electron chi connectivity index (χ1n) is 5.78. The Kier molecular flexibility index (Phi) is 8.52. The number of ether oxygens (including phenoxy) is 1. The Morgan fingerprint density at radius 2 is 1.94 bits per heavy atom. The van der Waals surface area contributed by atoms with E-state index in [4.69, 9.17) is 4.74 Å². The van der Waals surface area contributed by atoms with Crippen molar-refractivity contribution in [3.8, 4) is 0 Å². The van der Waals surface area contributed by atoms with Crippen LogP contribution in [0.15, 0.2) is 0 Å². The van der Waals surface area contributed by atoms with Gasteiger partial charge in [-0.05, 0) is 20.3 Å². The quantitative estimate of drug-likeness (QED) is 0.594. The summed E-state index contributed by atoms with van der Waals surface area (Å²) in [6, 6.07) is -0.277. The van der Waals surface area contributed by atoms with Crippen LogP contribution in [0.1, 0.15) is 33.6 Å². The van der Waals surface area contributed by atoms with Crippen LogP contribution in [0, 0.1) is 0 Å². The molecule has 0 aromatic heterocycles. The Balaban J connectivity index is 3.60. The van der Waals surface area contributed by atoms with Crippen LogP contribution in [0.2, 0.25) is 0 Å². The van der Waals surface area contributed by atoms with Crippen LogP contribution in [-0.4, -0.2) is 37.6 Å². The molecule has 0 aliphatic heterocycles. The summed E-state index contributed by atoms with van der Waals surface area (Å²) in [5.74, 6) is -0.276. The molecule has 1 unspecified atom stereocenters. The molecule has 0 bridgehead atoms. The number of carbonyl (C=O) groups excluding carboxylic acids is 2. The number of esters is 1. The lowest BCUT2D eigenvalue weighted by Gasteiger charge is -2.13. The zero-order chi connectivity index (χ0) is 12.4. The minimum atomic E-state index is -0.277. The Hall–Kier alpha value is -1.10. The van der Waals surface area contributed by atoms with E-state index in [1.54, 1.807) is 13.8 Å². The van der Waals surface area contributed by atoms with Crippen LogP contribution >= 0.6 is 0 Å². The standard InChI is InChI=1S/C11H22N2O3/c1-4-7-13-11(15)9(3)12-8-6-10(14)16-5-2/h9,12H,4-8H2,1-3H3,(H,13,15). The number of carbonyl (C=O) groups is 2. The Labute approximate surface area is 96.9 Å². The average Bonchev–Trinajstić information content (AvgIpc) is 2.26. The average molecular weight is 230 g/mol. The molecule has 0 heterocycles. The van der Waals surface area contributed by atoms with Gasteiger partial charge in [-0.3, -0.25) is 9.59 Å². The summed E-state index contributed by atoms with van der Waals surface area (Å²) in [5, 5.41) is 5.75. The lowest BCUT2D eigenvalue weighted by Crippen LogP contribution is -2.43. The fourth-order valence-corrected chi connectivity index (χ4v) is 1.12. The summed E-state index contributed by atoms with van der Waals surface area (Å²) in [5.41, 5.74) is 0. The van der Waals surface area contributed by atoms with Gasteiger partial charge in [0.2, 0.25) is 5.91 Å². The molecule has 0 radical (unpaired) electrons. The maximum absolute atomic E-state index is 11.4. The first-order chi connectivity index (χ1) is 7.61. The Morgan fingerprint density at radius 1 is 1.25 bits per heavy atom. The van der Waals surface area contributed by atoms with E-state index in [1.165, 1.54) is 0 Å². The maximum atomic E-state index is 11.4. The van der Waals surface area contributed by atoms with Gasteiger partial charge in [0.05, 0.1) is 19.1 Å². The van der Waals surface area contributed by atoms with Crippen LogP contribution in [-0.2, 0) is 14.3 Å². The minimum absolute atomic E-state index is 0.0364. The van der Waals surface area contributed by atoms with Crippen molar-refractivity contribution in [3.05, 3.63) is 0 Å². The molecule has 1 atom stereocenters. The van der Waals surface area contributed by atoms with Crippen LogP contribution < -0.4 is 10.6 Å². The van der Waals surface area contributed by atoms with Crippen molar-refractivity contribution in [3.63, 3.8) is 0 Å². The highest BCUT2D eigenvalue weighted by Gasteiger charge is 2.11. The molecule has 0 aliphatic carbocycles. The molecule has 0 saturated heterocycles. The molecule has 1 amide bonds. The summed E-state index contributed by atoms with van der Waals surface area (Å²) >= 11 is 0. The number of amides is 1. The van der Waals surface area contributed by atoms with Gasteiger partial charge in [-0.25, -0.2) is 0 Å². The lowest BCUT2D eigenvalue weighted by molar-refractivity contribution is -0.143. The number of hydrogen-bond acceptors (Lipinski definition) is 4.